The Morgan fingerprint density at radius 2 is 1.94 bits per heavy atom. The smallest absolute Gasteiger partial charge is 0.338 e. The van der Waals surface area contributed by atoms with Crippen molar-refractivity contribution in [3.05, 3.63) is 46.1 Å². The van der Waals surface area contributed by atoms with Crippen molar-refractivity contribution in [2.75, 3.05) is 52.9 Å². The zero-order valence-electron chi connectivity index (χ0n) is 20.1. The number of hydrogen-bond donors (Lipinski definition) is 2. The van der Waals surface area contributed by atoms with Crippen molar-refractivity contribution in [1.29, 1.82) is 0 Å². The number of nitrogens with one attached hydrogen (secondary N) is 2. The topological polar surface area (TPSA) is 94.2 Å². The Bertz CT molecular complexity index is 938. The summed E-state index contributed by atoms with van der Waals surface area (Å²) in [6, 6.07) is 6.07. The molecule has 0 unspecified atom stereocenters. The molecule has 9 nitrogen and oxygen atoms in total. The first-order valence-corrected chi connectivity index (χ1v) is 12.2. The molecule has 34 heavy (non-hydrogen) atoms. The van der Waals surface area contributed by atoms with Gasteiger partial charge in [0.25, 0.3) is 0 Å². The standard InChI is InChI=1S/C24H34ClN5O4/c1-4-11-26-23(32)30-13-8-12-29(14-15-30)16-19-20(22(31)34-5-2)21(27-24(33)28(19)3)17-9-6-7-10-18(17)25/h6-7,9-10,21H,4-5,8,11-16H2,1-3H3,(H,26,32)(H,27,33)/t21-/m1/s1. The zero-order chi connectivity index (χ0) is 24.7. The fraction of sp³-hybridized carbons (Fsp3) is 0.542. The molecule has 2 aliphatic heterocycles. The van der Waals surface area contributed by atoms with Gasteiger partial charge in [-0.05, 0) is 31.4 Å². The summed E-state index contributed by atoms with van der Waals surface area (Å²) in [5.74, 6) is -0.482. The quantitative estimate of drug-likeness (QED) is 0.572. The Morgan fingerprint density at radius 3 is 2.65 bits per heavy atom. The summed E-state index contributed by atoms with van der Waals surface area (Å²) < 4.78 is 5.39. The maximum atomic E-state index is 13.1. The lowest BCUT2D eigenvalue weighted by atomic mass is 9.94. The molecular weight excluding hydrogens is 458 g/mol. The number of benzene rings is 1. The lowest BCUT2D eigenvalue weighted by molar-refractivity contribution is -0.139. The minimum absolute atomic E-state index is 0.0527. The van der Waals surface area contributed by atoms with Crippen molar-refractivity contribution in [2.24, 2.45) is 0 Å². The molecule has 3 rings (SSSR count). The van der Waals surface area contributed by atoms with Crippen LogP contribution in [0, 0.1) is 0 Å². The molecule has 0 radical (unpaired) electrons. The van der Waals surface area contributed by atoms with Crippen LogP contribution in [0.3, 0.4) is 0 Å². The maximum absolute atomic E-state index is 13.1. The number of amides is 4. The number of halogens is 1. The van der Waals surface area contributed by atoms with Crippen molar-refractivity contribution < 1.29 is 19.1 Å². The highest BCUT2D eigenvalue weighted by Gasteiger charge is 2.38. The number of hydrogen-bond acceptors (Lipinski definition) is 5. The maximum Gasteiger partial charge on any atom is 0.338 e. The van der Waals surface area contributed by atoms with Crippen LogP contribution in [0.25, 0.3) is 0 Å². The van der Waals surface area contributed by atoms with Crippen LogP contribution in [0.1, 0.15) is 38.3 Å². The molecule has 1 saturated heterocycles. The van der Waals surface area contributed by atoms with Gasteiger partial charge in [-0.15, -0.1) is 0 Å². The van der Waals surface area contributed by atoms with Gasteiger partial charge in [-0.25, -0.2) is 14.4 Å². The van der Waals surface area contributed by atoms with Crippen molar-refractivity contribution in [2.45, 2.75) is 32.7 Å². The molecule has 1 fully saturated rings. The molecule has 1 atom stereocenters. The number of carbonyl (C=O) groups is 3. The molecule has 0 saturated carbocycles. The molecule has 186 valence electrons. The largest absolute Gasteiger partial charge is 0.463 e. The van der Waals surface area contributed by atoms with E-state index in [1.54, 1.807) is 32.2 Å². The van der Waals surface area contributed by atoms with Gasteiger partial charge >= 0.3 is 18.0 Å². The van der Waals surface area contributed by atoms with Gasteiger partial charge < -0.3 is 20.3 Å². The average molecular weight is 492 g/mol. The van der Waals surface area contributed by atoms with E-state index in [4.69, 9.17) is 16.3 Å². The van der Waals surface area contributed by atoms with Crippen LogP contribution >= 0.6 is 11.6 Å². The van der Waals surface area contributed by atoms with E-state index in [-0.39, 0.29) is 18.7 Å². The Labute approximate surface area is 206 Å². The molecule has 0 aliphatic carbocycles. The van der Waals surface area contributed by atoms with E-state index in [0.29, 0.717) is 54.6 Å². The third kappa shape index (κ3) is 6.01. The van der Waals surface area contributed by atoms with Crippen molar-refractivity contribution >= 4 is 29.6 Å². The fourth-order valence-electron chi connectivity index (χ4n) is 4.23. The van der Waals surface area contributed by atoms with Crippen LogP contribution in [-0.4, -0.2) is 85.7 Å². The highest BCUT2D eigenvalue weighted by atomic mass is 35.5. The zero-order valence-corrected chi connectivity index (χ0v) is 20.9. The van der Waals surface area contributed by atoms with Gasteiger partial charge in [0.15, 0.2) is 0 Å². The minimum atomic E-state index is -0.713. The fourth-order valence-corrected chi connectivity index (χ4v) is 4.47. The molecule has 1 aromatic carbocycles. The lowest BCUT2D eigenvalue weighted by Gasteiger charge is -2.36. The molecule has 2 N–H and O–H groups in total. The SMILES string of the molecule is CCCNC(=O)N1CCCN(CC2=C(C(=O)OCC)[C@@H](c3ccccc3Cl)NC(=O)N2C)CC1. The molecule has 0 aromatic heterocycles. The predicted octanol–water partition coefficient (Wildman–Crippen LogP) is 2.98. The first kappa shape index (κ1) is 25.8. The highest BCUT2D eigenvalue weighted by molar-refractivity contribution is 6.31. The van der Waals surface area contributed by atoms with Crippen molar-refractivity contribution in [3.63, 3.8) is 0 Å². The van der Waals surface area contributed by atoms with Gasteiger partial charge in [-0.2, -0.15) is 0 Å². The second kappa shape index (κ2) is 12.1. The molecule has 1 aromatic rings. The highest BCUT2D eigenvalue weighted by Crippen LogP contribution is 2.34. The van der Waals surface area contributed by atoms with E-state index < -0.39 is 12.0 Å². The van der Waals surface area contributed by atoms with Crippen LogP contribution in [0.5, 0.6) is 0 Å². The van der Waals surface area contributed by atoms with Gasteiger partial charge in [0.1, 0.15) is 0 Å². The van der Waals surface area contributed by atoms with Gasteiger partial charge in [0, 0.05) is 57.0 Å². The van der Waals surface area contributed by atoms with Gasteiger partial charge in [-0.1, -0.05) is 36.7 Å². The number of ether oxygens (including phenoxy) is 1. The molecule has 10 heteroatoms. The molecule has 2 aliphatic rings. The van der Waals surface area contributed by atoms with Crippen LogP contribution in [-0.2, 0) is 9.53 Å². The van der Waals surface area contributed by atoms with Crippen LogP contribution in [0.2, 0.25) is 5.02 Å². The Hall–Kier alpha value is -2.78. The summed E-state index contributed by atoms with van der Waals surface area (Å²) in [4.78, 5) is 43.9. The lowest BCUT2D eigenvalue weighted by Crippen LogP contribution is -2.49. The molecule has 0 spiro atoms. The number of carbonyl (C=O) groups excluding carboxylic acids is 3. The Balaban J connectivity index is 1.89. The van der Waals surface area contributed by atoms with E-state index in [2.05, 4.69) is 15.5 Å². The summed E-state index contributed by atoms with van der Waals surface area (Å²) in [5.41, 5.74) is 1.59. The predicted molar refractivity (Wildman–Crippen MR) is 130 cm³/mol. The van der Waals surface area contributed by atoms with E-state index in [1.807, 2.05) is 17.9 Å². The van der Waals surface area contributed by atoms with Crippen LogP contribution in [0.15, 0.2) is 35.5 Å². The Morgan fingerprint density at radius 1 is 1.18 bits per heavy atom. The summed E-state index contributed by atoms with van der Waals surface area (Å²) in [5, 5.41) is 6.29. The molecule has 4 amide bonds. The number of esters is 1. The molecule has 0 bridgehead atoms. The van der Waals surface area contributed by atoms with Gasteiger partial charge in [0.2, 0.25) is 0 Å². The van der Waals surface area contributed by atoms with E-state index in [1.165, 1.54) is 4.90 Å². The molecule has 2 heterocycles. The first-order chi connectivity index (χ1) is 16.4. The van der Waals surface area contributed by atoms with E-state index in [9.17, 15) is 14.4 Å². The van der Waals surface area contributed by atoms with Gasteiger partial charge in [0.05, 0.1) is 18.2 Å². The summed E-state index contributed by atoms with van der Waals surface area (Å²) in [6.07, 6.45) is 1.68. The third-order valence-electron chi connectivity index (χ3n) is 6.06. The second-order valence-electron chi connectivity index (χ2n) is 8.39. The monoisotopic (exact) mass is 491 g/mol. The van der Waals surface area contributed by atoms with Crippen molar-refractivity contribution in [1.82, 2.24) is 25.3 Å². The normalized spacial score (nSPS) is 19.5. The first-order valence-electron chi connectivity index (χ1n) is 11.8. The average Bonchev–Trinajstić information content (AvgIpc) is 3.06. The minimum Gasteiger partial charge on any atom is -0.463 e. The summed E-state index contributed by atoms with van der Waals surface area (Å²) in [7, 11) is 1.65. The number of likely N-dealkylation sites (N-methyl/N-ethyl adjacent to an activating group) is 1. The van der Waals surface area contributed by atoms with E-state index in [0.717, 1.165) is 19.4 Å². The number of urea groups is 2. The third-order valence-corrected chi connectivity index (χ3v) is 6.41. The van der Waals surface area contributed by atoms with E-state index >= 15 is 0 Å². The van der Waals surface area contributed by atoms with Gasteiger partial charge in [-0.3, -0.25) is 9.80 Å². The van der Waals surface area contributed by atoms with Crippen LogP contribution < -0.4 is 10.6 Å². The number of nitrogens with zero attached hydrogens (tertiary/aromatic N) is 3. The van der Waals surface area contributed by atoms with Crippen LogP contribution in [0.4, 0.5) is 9.59 Å². The Kier molecular flexibility index (Phi) is 9.18. The number of rotatable bonds is 7. The second-order valence-corrected chi connectivity index (χ2v) is 8.80. The van der Waals surface area contributed by atoms with Crippen molar-refractivity contribution in [3.8, 4) is 0 Å². The summed E-state index contributed by atoms with van der Waals surface area (Å²) >= 11 is 6.44. The molecular formula is C24H34ClN5O4. The summed E-state index contributed by atoms with van der Waals surface area (Å²) in [6.45, 7) is 7.62.